The lowest BCUT2D eigenvalue weighted by atomic mass is 10.4. The maximum absolute atomic E-state index is 10.9. The van der Waals surface area contributed by atoms with Crippen LogP contribution in [-0.2, 0) is 9.84 Å². The molecule has 0 N–H and O–H groups in total. The van der Waals surface area contributed by atoms with Crippen molar-refractivity contribution < 1.29 is 13.3 Å². The third kappa shape index (κ3) is 5.00. The second-order valence-electron chi connectivity index (χ2n) is 3.21. The van der Waals surface area contributed by atoms with E-state index in [1.807, 2.05) is 0 Å². The van der Waals surface area contributed by atoms with Crippen molar-refractivity contribution in [1.29, 1.82) is 0 Å². The summed E-state index contributed by atoms with van der Waals surface area (Å²) in [5, 5.41) is 11.0. The fourth-order valence-corrected chi connectivity index (χ4v) is 3.41. The Morgan fingerprint density at radius 1 is 1.59 bits per heavy atom. The average molecular weight is 341 g/mol. The summed E-state index contributed by atoms with van der Waals surface area (Å²) in [5.41, 5.74) is -0.127. The molecule has 17 heavy (non-hydrogen) atoms. The maximum atomic E-state index is 10.9. The smallest absolute Gasteiger partial charge is 0.258 e. The zero-order valence-electron chi connectivity index (χ0n) is 8.79. The Bertz CT molecular complexity index is 532. The van der Waals surface area contributed by atoms with E-state index in [1.165, 1.54) is 12.3 Å². The molecule has 0 unspecified atom stereocenters. The molecule has 0 aliphatic carbocycles. The first-order chi connectivity index (χ1) is 7.79. The van der Waals surface area contributed by atoms with Gasteiger partial charge in [0.1, 0.15) is 9.84 Å². The summed E-state index contributed by atoms with van der Waals surface area (Å²) in [6.07, 6.45) is 2.56. The van der Waals surface area contributed by atoms with Crippen molar-refractivity contribution in [2.75, 3.05) is 17.8 Å². The number of nitrogens with zero attached hydrogens (tertiary/aromatic N) is 2. The summed E-state index contributed by atoms with van der Waals surface area (Å²) >= 11 is 4.15. The number of sulfone groups is 1. The number of hydrogen-bond acceptors (Lipinski definition) is 6. The van der Waals surface area contributed by atoms with Crippen LogP contribution in [0.1, 0.15) is 0 Å². The van der Waals surface area contributed by atoms with Gasteiger partial charge in [-0.15, -0.1) is 0 Å². The van der Waals surface area contributed by atoms with Crippen LogP contribution in [0.5, 0.6) is 0 Å². The molecule has 0 aliphatic rings. The van der Waals surface area contributed by atoms with E-state index in [1.54, 1.807) is 0 Å². The molecule has 0 bridgehead atoms. The third-order valence-corrected chi connectivity index (χ3v) is 4.32. The fourth-order valence-electron chi connectivity index (χ4n) is 0.948. The predicted molar refractivity (Wildman–Crippen MR) is 69.0 cm³/mol. The number of rotatable bonds is 5. The summed E-state index contributed by atoms with van der Waals surface area (Å²) in [4.78, 5) is 14.1. The van der Waals surface area contributed by atoms with Gasteiger partial charge in [0.15, 0.2) is 5.03 Å². The van der Waals surface area contributed by atoms with Crippen molar-refractivity contribution in [3.63, 3.8) is 0 Å². The van der Waals surface area contributed by atoms with Gasteiger partial charge in [0.2, 0.25) is 0 Å². The Kier molecular flexibility index (Phi) is 4.90. The zero-order valence-corrected chi connectivity index (χ0v) is 12.0. The van der Waals surface area contributed by atoms with E-state index in [2.05, 4.69) is 20.9 Å². The number of pyridine rings is 1. The molecule has 0 amide bonds. The largest absolute Gasteiger partial charge is 0.302 e. The van der Waals surface area contributed by atoms with Crippen LogP contribution in [0.25, 0.3) is 0 Å². The molecule has 0 spiro atoms. The molecule has 1 rings (SSSR count). The van der Waals surface area contributed by atoms with Gasteiger partial charge in [-0.2, -0.15) is 0 Å². The lowest BCUT2D eigenvalue weighted by Gasteiger charge is -2.01. The Labute approximate surface area is 111 Å². The summed E-state index contributed by atoms with van der Waals surface area (Å²) in [7, 11) is -3.06. The number of thioether (sulfide) groups is 1. The molecule has 0 aliphatic heterocycles. The Hall–Kier alpha value is -0.670. The Balaban J connectivity index is 2.81. The molecule has 0 saturated carbocycles. The van der Waals surface area contributed by atoms with Gasteiger partial charge in [0, 0.05) is 28.7 Å². The first-order valence-electron chi connectivity index (χ1n) is 4.40. The maximum Gasteiger partial charge on any atom is 0.302 e. The van der Waals surface area contributed by atoms with Gasteiger partial charge in [-0.05, 0) is 15.9 Å². The number of nitro groups is 1. The second kappa shape index (κ2) is 5.78. The van der Waals surface area contributed by atoms with Crippen molar-refractivity contribution in [2.24, 2.45) is 0 Å². The molecular weight excluding hydrogens is 332 g/mol. The fraction of sp³-hybridized carbons (Fsp3) is 0.375. The van der Waals surface area contributed by atoms with E-state index in [0.29, 0.717) is 4.47 Å². The highest BCUT2D eigenvalue weighted by Crippen LogP contribution is 2.29. The van der Waals surface area contributed by atoms with Crippen LogP contribution in [0, 0.1) is 10.1 Å². The van der Waals surface area contributed by atoms with Gasteiger partial charge in [-0.1, -0.05) is 11.8 Å². The van der Waals surface area contributed by atoms with Crippen molar-refractivity contribution in [1.82, 2.24) is 4.98 Å². The molecule has 1 aromatic rings. The van der Waals surface area contributed by atoms with E-state index >= 15 is 0 Å². The lowest BCUT2D eigenvalue weighted by Crippen LogP contribution is -2.05. The van der Waals surface area contributed by atoms with Crippen molar-refractivity contribution in [2.45, 2.75) is 5.03 Å². The van der Waals surface area contributed by atoms with E-state index in [9.17, 15) is 18.5 Å². The first kappa shape index (κ1) is 14.4. The molecule has 9 heteroatoms. The highest BCUT2D eigenvalue weighted by molar-refractivity contribution is 9.10. The minimum Gasteiger partial charge on any atom is -0.258 e. The highest BCUT2D eigenvalue weighted by atomic mass is 79.9. The van der Waals surface area contributed by atoms with Crippen LogP contribution in [0.3, 0.4) is 0 Å². The van der Waals surface area contributed by atoms with Crippen molar-refractivity contribution >= 4 is 43.2 Å². The van der Waals surface area contributed by atoms with E-state index in [4.69, 9.17) is 0 Å². The molecule has 1 heterocycles. The molecule has 1 aromatic heterocycles. The highest BCUT2D eigenvalue weighted by Gasteiger charge is 2.16. The first-order valence-corrected chi connectivity index (χ1v) is 8.24. The Morgan fingerprint density at radius 2 is 2.24 bits per heavy atom. The summed E-state index contributed by atoms with van der Waals surface area (Å²) in [6, 6.07) is 1.34. The molecule has 0 fully saturated rings. The zero-order chi connectivity index (χ0) is 13.1. The van der Waals surface area contributed by atoms with Crippen LogP contribution in [0.15, 0.2) is 21.8 Å². The number of halogens is 1. The van der Waals surface area contributed by atoms with E-state index in [0.717, 1.165) is 18.0 Å². The minimum atomic E-state index is -3.06. The molecule has 0 radical (unpaired) electrons. The standard InChI is InChI=1S/C8H9BrN2O4S2/c1-17(14,15)3-2-16-8-7(11(12)13)4-6(9)5-10-8/h4-5H,2-3H2,1H3. The second-order valence-corrected chi connectivity index (χ2v) is 7.47. The lowest BCUT2D eigenvalue weighted by molar-refractivity contribution is -0.388. The van der Waals surface area contributed by atoms with Crippen molar-refractivity contribution in [3.8, 4) is 0 Å². The summed E-state index contributed by atoms with van der Waals surface area (Å²) in [6.45, 7) is 0. The summed E-state index contributed by atoms with van der Waals surface area (Å²) < 4.78 is 22.3. The summed E-state index contributed by atoms with van der Waals surface area (Å²) in [5.74, 6) is 0.209. The van der Waals surface area contributed by atoms with Crippen LogP contribution in [0.4, 0.5) is 5.69 Å². The van der Waals surface area contributed by atoms with Crippen LogP contribution in [0.2, 0.25) is 0 Å². The van der Waals surface area contributed by atoms with E-state index in [-0.39, 0.29) is 22.2 Å². The van der Waals surface area contributed by atoms with Crippen LogP contribution < -0.4 is 0 Å². The molecular formula is C8H9BrN2O4S2. The Morgan fingerprint density at radius 3 is 2.76 bits per heavy atom. The van der Waals surface area contributed by atoms with Crippen molar-refractivity contribution in [3.05, 3.63) is 26.9 Å². The van der Waals surface area contributed by atoms with Gasteiger partial charge in [-0.3, -0.25) is 10.1 Å². The van der Waals surface area contributed by atoms with Gasteiger partial charge in [0.05, 0.1) is 10.7 Å². The van der Waals surface area contributed by atoms with Gasteiger partial charge < -0.3 is 0 Å². The van der Waals surface area contributed by atoms with Crippen LogP contribution >= 0.6 is 27.7 Å². The van der Waals surface area contributed by atoms with Gasteiger partial charge in [-0.25, -0.2) is 13.4 Å². The quantitative estimate of drug-likeness (QED) is 0.461. The van der Waals surface area contributed by atoms with Gasteiger partial charge in [0.25, 0.3) is 0 Å². The normalized spacial score (nSPS) is 11.4. The van der Waals surface area contributed by atoms with Gasteiger partial charge >= 0.3 is 5.69 Å². The molecule has 0 atom stereocenters. The minimum absolute atomic E-state index is 0.0352. The topological polar surface area (TPSA) is 90.2 Å². The third-order valence-electron chi connectivity index (χ3n) is 1.69. The number of hydrogen-bond donors (Lipinski definition) is 0. The average Bonchev–Trinajstić information content (AvgIpc) is 2.18. The molecule has 94 valence electrons. The predicted octanol–water partition coefficient (Wildman–Crippen LogP) is 1.89. The SMILES string of the molecule is CS(=O)(=O)CCSc1ncc(Br)cc1[N+](=O)[O-]. The monoisotopic (exact) mass is 340 g/mol. The van der Waals surface area contributed by atoms with E-state index < -0.39 is 14.8 Å². The number of aromatic nitrogens is 1. The molecule has 0 aromatic carbocycles. The molecule has 6 nitrogen and oxygen atoms in total. The van der Waals surface area contributed by atoms with Crippen LogP contribution in [-0.4, -0.2) is 36.1 Å². The molecule has 0 saturated heterocycles.